The predicted octanol–water partition coefficient (Wildman–Crippen LogP) is 2.42. The van der Waals surface area contributed by atoms with E-state index in [9.17, 15) is 23.2 Å². The minimum absolute atomic E-state index is 0.00790. The number of carbonyl (C=O) groups excluding carboxylic acids is 3. The van der Waals surface area contributed by atoms with Crippen LogP contribution in [-0.4, -0.2) is 51.8 Å². The number of anilines is 1. The number of nitrogens with zero attached hydrogens (tertiary/aromatic N) is 3. The molecule has 2 heterocycles. The summed E-state index contributed by atoms with van der Waals surface area (Å²) in [6, 6.07) is 9.60. The van der Waals surface area contributed by atoms with Crippen LogP contribution in [0.2, 0.25) is 0 Å². The molecule has 0 aliphatic carbocycles. The minimum Gasteiger partial charge on any atom is -0.322 e. The first-order valence-corrected chi connectivity index (χ1v) is 10.0. The smallest absolute Gasteiger partial charge is 0.322 e. The van der Waals surface area contributed by atoms with E-state index in [2.05, 4.69) is 10.7 Å². The Balaban J connectivity index is 1.58. The van der Waals surface area contributed by atoms with Crippen molar-refractivity contribution < 1.29 is 23.2 Å². The lowest BCUT2D eigenvalue weighted by Gasteiger charge is -2.37. The molecule has 4 rings (SSSR count). The van der Waals surface area contributed by atoms with Crippen molar-refractivity contribution in [2.75, 3.05) is 18.4 Å². The summed E-state index contributed by atoms with van der Waals surface area (Å²) in [5, 5.41) is 4.10. The van der Waals surface area contributed by atoms with Gasteiger partial charge in [0.1, 0.15) is 24.2 Å². The summed E-state index contributed by atoms with van der Waals surface area (Å²) in [6.45, 7) is 1.89. The maximum Gasteiger partial charge on any atom is 0.331 e. The lowest BCUT2D eigenvalue weighted by Crippen LogP contribution is -2.61. The number of carbonyl (C=O) groups is 3. The fraction of sp³-hybridized carbons (Fsp3) is 0.227. The molecule has 0 saturated carbocycles. The summed E-state index contributed by atoms with van der Waals surface area (Å²) in [5.41, 5.74) is 3.89. The van der Waals surface area contributed by atoms with Gasteiger partial charge < -0.3 is 10.3 Å². The van der Waals surface area contributed by atoms with Gasteiger partial charge in [-0.2, -0.15) is 0 Å². The Labute approximate surface area is 183 Å². The zero-order valence-electron chi connectivity index (χ0n) is 17.2. The van der Waals surface area contributed by atoms with Gasteiger partial charge in [0.05, 0.1) is 17.9 Å². The quantitative estimate of drug-likeness (QED) is 0.719. The van der Waals surface area contributed by atoms with Crippen molar-refractivity contribution in [3.8, 4) is 0 Å². The summed E-state index contributed by atoms with van der Waals surface area (Å²) in [6.07, 6.45) is 1.60. The van der Waals surface area contributed by atoms with Crippen molar-refractivity contribution >= 4 is 23.5 Å². The third kappa shape index (κ3) is 4.17. The summed E-state index contributed by atoms with van der Waals surface area (Å²) >= 11 is 0. The first-order valence-electron chi connectivity index (χ1n) is 10.0. The molecule has 10 heteroatoms. The second-order valence-electron chi connectivity index (χ2n) is 7.35. The number of imide groups is 1. The zero-order chi connectivity index (χ0) is 22.8. The molecule has 2 aromatic carbocycles. The Kier molecular flexibility index (Phi) is 5.87. The van der Waals surface area contributed by atoms with E-state index in [0.717, 1.165) is 4.90 Å². The molecular weight excluding hydrogens is 420 g/mol. The van der Waals surface area contributed by atoms with Crippen LogP contribution in [0.25, 0.3) is 0 Å². The number of amides is 4. The normalized spacial score (nSPS) is 18.0. The van der Waals surface area contributed by atoms with Crippen LogP contribution in [0.15, 0.2) is 60.4 Å². The zero-order valence-corrected chi connectivity index (χ0v) is 17.2. The van der Waals surface area contributed by atoms with Crippen molar-refractivity contribution in [1.29, 1.82) is 0 Å². The van der Waals surface area contributed by atoms with Crippen LogP contribution in [0.4, 0.5) is 19.3 Å². The molecule has 2 aromatic rings. The highest BCUT2D eigenvalue weighted by atomic mass is 19.1. The molecule has 2 aliphatic heterocycles. The third-order valence-corrected chi connectivity index (χ3v) is 5.21. The van der Waals surface area contributed by atoms with E-state index in [-0.39, 0.29) is 12.2 Å². The Bertz CT molecular complexity index is 1090. The first-order chi connectivity index (χ1) is 15.4. The Hall–Kier alpha value is -3.79. The van der Waals surface area contributed by atoms with Crippen molar-refractivity contribution in [3.05, 3.63) is 77.6 Å². The van der Waals surface area contributed by atoms with E-state index in [0.29, 0.717) is 17.8 Å². The fourth-order valence-corrected chi connectivity index (χ4v) is 3.57. The number of urea groups is 1. The molecule has 1 unspecified atom stereocenters. The van der Waals surface area contributed by atoms with E-state index in [4.69, 9.17) is 0 Å². The summed E-state index contributed by atoms with van der Waals surface area (Å²) < 4.78 is 27.1. The van der Waals surface area contributed by atoms with Crippen LogP contribution < -0.4 is 10.7 Å². The summed E-state index contributed by atoms with van der Waals surface area (Å²) in [5.74, 6) is -2.13. The molecule has 32 heavy (non-hydrogen) atoms. The summed E-state index contributed by atoms with van der Waals surface area (Å²) in [4.78, 5) is 41.1. The van der Waals surface area contributed by atoms with Gasteiger partial charge in [0.25, 0.3) is 5.91 Å². The van der Waals surface area contributed by atoms with Gasteiger partial charge in [0.15, 0.2) is 0 Å². The number of hydrogen-bond acceptors (Lipinski definition) is 5. The Morgan fingerprint density at radius 1 is 1.06 bits per heavy atom. The number of hydrazine groups is 1. The van der Waals surface area contributed by atoms with Crippen LogP contribution in [-0.2, 0) is 16.1 Å². The molecule has 0 radical (unpaired) electrons. The van der Waals surface area contributed by atoms with Crippen LogP contribution in [0.1, 0.15) is 12.5 Å². The minimum atomic E-state index is -0.852. The molecule has 1 atom stereocenters. The van der Waals surface area contributed by atoms with Gasteiger partial charge in [0.2, 0.25) is 5.91 Å². The standard InChI is InChI=1S/C22H21F2N5O3/c1-2-27-12-18-20(26-27)21(31)29(11-14-7-9-15(23)10-8-14)22(32)28(18)13-19(30)25-17-6-4-3-5-16(17)24/h3-10,12,20,26H,2,11,13H2,1H3,(H,25,30). The molecule has 2 aliphatic rings. The lowest BCUT2D eigenvalue weighted by molar-refractivity contribution is -0.133. The van der Waals surface area contributed by atoms with E-state index >= 15 is 0 Å². The van der Waals surface area contributed by atoms with Crippen molar-refractivity contribution in [2.45, 2.75) is 19.5 Å². The van der Waals surface area contributed by atoms with E-state index in [1.807, 2.05) is 6.92 Å². The molecule has 8 nitrogen and oxygen atoms in total. The van der Waals surface area contributed by atoms with Gasteiger partial charge in [-0.05, 0) is 36.8 Å². The van der Waals surface area contributed by atoms with Crippen molar-refractivity contribution in [1.82, 2.24) is 20.2 Å². The molecular formula is C22H21F2N5O3. The lowest BCUT2D eigenvalue weighted by atomic mass is 10.1. The van der Waals surface area contributed by atoms with Gasteiger partial charge >= 0.3 is 6.03 Å². The van der Waals surface area contributed by atoms with Crippen molar-refractivity contribution in [3.63, 3.8) is 0 Å². The molecule has 0 spiro atoms. The fourth-order valence-electron chi connectivity index (χ4n) is 3.57. The van der Waals surface area contributed by atoms with E-state index in [1.54, 1.807) is 17.3 Å². The van der Waals surface area contributed by atoms with Crippen LogP contribution in [0.3, 0.4) is 0 Å². The maximum absolute atomic E-state index is 13.9. The van der Waals surface area contributed by atoms with Crippen LogP contribution in [0.5, 0.6) is 0 Å². The molecule has 2 N–H and O–H groups in total. The average molecular weight is 441 g/mol. The van der Waals surface area contributed by atoms with Gasteiger partial charge in [-0.25, -0.2) is 19.0 Å². The number of benzene rings is 2. The SMILES string of the molecule is CCN1C=C2C(N1)C(=O)N(Cc1ccc(F)cc1)C(=O)N2CC(=O)Nc1ccccc1F. The van der Waals surface area contributed by atoms with Crippen LogP contribution >= 0.6 is 0 Å². The highest BCUT2D eigenvalue weighted by Gasteiger charge is 2.46. The molecule has 0 bridgehead atoms. The molecule has 1 saturated heterocycles. The van der Waals surface area contributed by atoms with Crippen LogP contribution in [0, 0.1) is 11.6 Å². The number of halogens is 2. The number of hydrogen-bond donors (Lipinski definition) is 2. The maximum atomic E-state index is 13.9. The largest absolute Gasteiger partial charge is 0.331 e. The monoisotopic (exact) mass is 441 g/mol. The number of nitrogens with one attached hydrogen (secondary N) is 2. The highest BCUT2D eigenvalue weighted by molar-refractivity contribution is 6.05. The predicted molar refractivity (Wildman–Crippen MR) is 111 cm³/mol. The first kappa shape index (κ1) is 21.4. The third-order valence-electron chi connectivity index (χ3n) is 5.21. The Morgan fingerprint density at radius 2 is 1.78 bits per heavy atom. The van der Waals surface area contributed by atoms with Crippen molar-refractivity contribution in [2.24, 2.45) is 0 Å². The average Bonchev–Trinajstić information content (AvgIpc) is 3.22. The Morgan fingerprint density at radius 3 is 2.47 bits per heavy atom. The number of fused-ring (bicyclic) bond motifs is 1. The second kappa shape index (κ2) is 8.75. The highest BCUT2D eigenvalue weighted by Crippen LogP contribution is 2.27. The second-order valence-corrected chi connectivity index (χ2v) is 7.35. The molecule has 4 amide bonds. The van der Waals surface area contributed by atoms with Gasteiger partial charge in [-0.3, -0.25) is 19.4 Å². The summed E-state index contributed by atoms with van der Waals surface area (Å²) in [7, 11) is 0. The van der Waals surface area contributed by atoms with Gasteiger partial charge in [-0.1, -0.05) is 24.3 Å². The topological polar surface area (TPSA) is 85.0 Å². The number of rotatable bonds is 6. The number of para-hydroxylation sites is 1. The molecule has 1 fully saturated rings. The molecule has 0 aromatic heterocycles. The molecule has 166 valence electrons. The van der Waals surface area contributed by atoms with E-state index < -0.39 is 42.1 Å². The van der Waals surface area contributed by atoms with E-state index in [1.165, 1.54) is 47.4 Å². The van der Waals surface area contributed by atoms with Gasteiger partial charge in [-0.15, -0.1) is 0 Å². The van der Waals surface area contributed by atoms with Gasteiger partial charge in [0, 0.05) is 12.7 Å².